The Morgan fingerprint density at radius 2 is 1.59 bits per heavy atom. The summed E-state index contributed by atoms with van der Waals surface area (Å²) >= 11 is 0. The van der Waals surface area contributed by atoms with Gasteiger partial charge in [-0.05, 0) is 51.8 Å². The van der Waals surface area contributed by atoms with Crippen molar-refractivity contribution in [3.63, 3.8) is 0 Å². The molecule has 112 valence electrons. The molecule has 1 atom stereocenters. The van der Waals surface area contributed by atoms with E-state index in [9.17, 15) is 4.79 Å². The number of carbonyl (C=O) groups is 1. The Balaban J connectivity index is 2.10. The number of carbonyl (C=O) groups excluding carboxylic acids is 1. The van der Waals surface area contributed by atoms with Gasteiger partial charge in [-0.1, -0.05) is 42.5 Å². The largest absolute Gasteiger partial charge is 0.325 e. The lowest BCUT2D eigenvalue weighted by molar-refractivity contribution is 0.267. The topological polar surface area (TPSA) is 32.7 Å². The highest BCUT2D eigenvalue weighted by molar-refractivity contribution is 7.40. The van der Waals surface area contributed by atoms with Crippen molar-refractivity contribution in [1.29, 1.82) is 0 Å². The second kappa shape index (κ2) is 6.41. The van der Waals surface area contributed by atoms with Crippen molar-refractivity contribution in [2.45, 2.75) is 26.3 Å². The summed E-state index contributed by atoms with van der Waals surface area (Å²) < 4.78 is 0. The van der Waals surface area contributed by atoms with Gasteiger partial charge >= 0.3 is 0 Å². The number of nitrogens with zero attached hydrogens (tertiary/aromatic N) is 2. The minimum atomic E-state index is -0.245. The Hall–Kier alpha value is -1.99. The van der Waals surface area contributed by atoms with Gasteiger partial charge in [0.2, 0.25) is 0 Å². The monoisotopic (exact) mass is 310 g/mol. The lowest BCUT2D eigenvalue weighted by Gasteiger charge is -2.29. The molecule has 1 aliphatic heterocycles. The lowest BCUT2D eigenvalue weighted by atomic mass is 9.95. The van der Waals surface area contributed by atoms with Crippen LogP contribution in [0.5, 0.6) is 0 Å². The molecule has 1 aliphatic rings. The molecule has 1 amide bonds. The van der Waals surface area contributed by atoms with Crippen LogP contribution in [0.3, 0.4) is 0 Å². The Bertz CT molecular complexity index is 739. The smallest absolute Gasteiger partial charge is 0.261 e. The summed E-state index contributed by atoms with van der Waals surface area (Å²) in [4.78, 5) is 17.6. The molecule has 0 radical (unpaired) electrons. The van der Waals surface area contributed by atoms with Crippen LogP contribution in [0.1, 0.15) is 23.6 Å². The van der Waals surface area contributed by atoms with E-state index in [1.165, 1.54) is 16.7 Å². The predicted octanol–water partition coefficient (Wildman–Crippen LogP) is 4.21. The number of aryl methyl sites for hydroxylation is 2. The summed E-state index contributed by atoms with van der Waals surface area (Å²) in [5.41, 5.74) is 4.85. The highest BCUT2D eigenvalue weighted by atomic mass is 31.0. The molecule has 0 N–H and O–H groups in total. The number of aliphatic imine (C=N–C) groups is 1. The van der Waals surface area contributed by atoms with Crippen LogP contribution in [0.15, 0.2) is 53.5 Å². The Labute approximate surface area is 133 Å². The molecule has 0 saturated carbocycles. The number of hydrogen-bond donors (Lipinski definition) is 0. The summed E-state index contributed by atoms with van der Waals surface area (Å²) in [5, 5.41) is 0. The van der Waals surface area contributed by atoms with Gasteiger partial charge in [-0.2, -0.15) is 4.99 Å². The number of para-hydroxylation sites is 1. The van der Waals surface area contributed by atoms with Crippen molar-refractivity contribution >= 4 is 26.4 Å². The third-order valence-electron chi connectivity index (χ3n) is 4.06. The third-order valence-corrected chi connectivity index (χ3v) is 4.18. The molecule has 0 aliphatic carbocycles. The Morgan fingerprint density at radius 1 is 1.00 bits per heavy atom. The molecule has 0 bridgehead atoms. The SMILES string of the molecule is C/C(=N\C(=O)P)N1Cc2ccccc2CCc2ccccc21. The Kier molecular flexibility index (Phi) is 4.35. The van der Waals surface area contributed by atoms with E-state index < -0.39 is 0 Å². The van der Waals surface area contributed by atoms with E-state index in [1.54, 1.807) is 0 Å². The molecule has 0 spiro atoms. The third kappa shape index (κ3) is 3.10. The fraction of sp³-hybridized carbons (Fsp3) is 0.222. The Morgan fingerprint density at radius 3 is 2.32 bits per heavy atom. The minimum Gasteiger partial charge on any atom is -0.325 e. The van der Waals surface area contributed by atoms with Crippen LogP contribution in [-0.2, 0) is 19.4 Å². The molecule has 2 aromatic carbocycles. The quantitative estimate of drug-likeness (QED) is 0.415. The number of amidine groups is 1. The molecule has 0 fully saturated rings. The zero-order chi connectivity index (χ0) is 15.5. The number of benzene rings is 2. The normalized spacial score (nSPS) is 14.6. The fourth-order valence-electron chi connectivity index (χ4n) is 2.97. The van der Waals surface area contributed by atoms with Gasteiger partial charge in [0.1, 0.15) is 5.84 Å². The maximum atomic E-state index is 11.4. The van der Waals surface area contributed by atoms with Crippen LogP contribution in [-0.4, -0.2) is 11.5 Å². The van der Waals surface area contributed by atoms with E-state index in [2.05, 4.69) is 61.6 Å². The van der Waals surface area contributed by atoms with Crippen molar-refractivity contribution in [2.24, 2.45) is 4.99 Å². The van der Waals surface area contributed by atoms with E-state index in [0.717, 1.165) is 30.9 Å². The van der Waals surface area contributed by atoms with Crippen LogP contribution in [0.25, 0.3) is 0 Å². The van der Waals surface area contributed by atoms with Gasteiger partial charge in [0.25, 0.3) is 5.65 Å². The summed E-state index contributed by atoms with van der Waals surface area (Å²) in [6.45, 7) is 2.63. The van der Waals surface area contributed by atoms with E-state index in [0.29, 0.717) is 0 Å². The second-order valence-corrected chi connectivity index (χ2v) is 5.97. The van der Waals surface area contributed by atoms with Crippen LogP contribution in [0, 0.1) is 0 Å². The van der Waals surface area contributed by atoms with Gasteiger partial charge in [0.05, 0.1) is 0 Å². The van der Waals surface area contributed by atoms with E-state index in [1.807, 2.05) is 13.0 Å². The number of rotatable bonds is 0. The first-order valence-corrected chi connectivity index (χ1v) is 8.00. The molecule has 0 aromatic heterocycles. The highest BCUT2D eigenvalue weighted by Gasteiger charge is 2.19. The predicted molar refractivity (Wildman–Crippen MR) is 94.7 cm³/mol. The summed E-state index contributed by atoms with van der Waals surface area (Å²) in [5.74, 6) is 0.726. The van der Waals surface area contributed by atoms with Gasteiger partial charge in [0.15, 0.2) is 0 Å². The molecule has 0 saturated heterocycles. The molecule has 3 nitrogen and oxygen atoms in total. The van der Waals surface area contributed by atoms with Gasteiger partial charge in [-0.15, -0.1) is 0 Å². The van der Waals surface area contributed by atoms with Crippen LogP contribution >= 0.6 is 9.24 Å². The maximum Gasteiger partial charge on any atom is 0.261 e. The molecule has 1 heterocycles. The molecule has 1 unspecified atom stereocenters. The summed E-state index contributed by atoms with van der Waals surface area (Å²) in [7, 11) is 2.12. The first-order chi connectivity index (χ1) is 10.6. The minimum absolute atomic E-state index is 0.245. The highest BCUT2D eigenvalue weighted by Crippen LogP contribution is 2.28. The van der Waals surface area contributed by atoms with Gasteiger partial charge in [-0.3, -0.25) is 4.79 Å². The van der Waals surface area contributed by atoms with Crippen LogP contribution < -0.4 is 4.90 Å². The van der Waals surface area contributed by atoms with Crippen LogP contribution in [0.2, 0.25) is 0 Å². The van der Waals surface area contributed by atoms with Crippen molar-refractivity contribution in [3.05, 3.63) is 65.2 Å². The van der Waals surface area contributed by atoms with Crippen molar-refractivity contribution in [2.75, 3.05) is 4.90 Å². The first kappa shape index (κ1) is 14.9. The number of fused-ring (bicyclic) bond motifs is 2. The molecular formula is C18H19N2OP. The number of hydrogen-bond acceptors (Lipinski definition) is 1. The lowest BCUT2D eigenvalue weighted by Crippen LogP contribution is -2.31. The molecule has 3 rings (SSSR count). The second-order valence-electron chi connectivity index (χ2n) is 5.48. The van der Waals surface area contributed by atoms with Crippen molar-refractivity contribution in [1.82, 2.24) is 0 Å². The van der Waals surface area contributed by atoms with E-state index >= 15 is 0 Å². The van der Waals surface area contributed by atoms with E-state index in [4.69, 9.17) is 0 Å². The maximum absolute atomic E-state index is 11.4. The van der Waals surface area contributed by atoms with Crippen molar-refractivity contribution in [3.8, 4) is 0 Å². The number of amides is 1. The standard InChI is InChI=1S/C18H19N2OP/c1-13(19-18(21)22)20-12-16-8-3-2-6-14(16)10-11-15-7-4-5-9-17(15)20/h2-9H,10-12,22H2,1H3/b19-13+. The van der Waals surface area contributed by atoms with Gasteiger partial charge in [0, 0.05) is 12.2 Å². The molecule has 2 aromatic rings. The zero-order valence-corrected chi connectivity index (χ0v) is 13.8. The van der Waals surface area contributed by atoms with Gasteiger partial charge in [-0.25, -0.2) is 0 Å². The zero-order valence-electron chi connectivity index (χ0n) is 12.6. The average molecular weight is 310 g/mol. The molecule has 22 heavy (non-hydrogen) atoms. The van der Waals surface area contributed by atoms with Crippen LogP contribution in [0.4, 0.5) is 10.5 Å². The first-order valence-electron chi connectivity index (χ1n) is 7.42. The molecular weight excluding hydrogens is 291 g/mol. The molecule has 4 heteroatoms. The van der Waals surface area contributed by atoms with E-state index in [-0.39, 0.29) is 5.65 Å². The average Bonchev–Trinajstić information content (AvgIpc) is 2.49. The fourth-order valence-corrected chi connectivity index (χ4v) is 3.16. The summed E-state index contributed by atoms with van der Waals surface area (Å²) in [6.07, 6.45) is 2.03. The van der Waals surface area contributed by atoms with Gasteiger partial charge < -0.3 is 4.90 Å². The summed E-state index contributed by atoms with van der Waals surface area (Å²) in [6, 6.07) is 16.9. The number of anilines is 1. The van der Waals surface area contributed by atoms with Crippen molar-refractivity contribution < 1.29 is 4.79 Å².